The molecule has 0 bridgehead atoms. The second-order valence-electron chi connectivity index (χ2n) is 5.12. The van der Waals surface area contributed by atoms with Crippen LogP contribution in [-0.4, -0.2) is 38.2 Å². The summed E-state index contributed by atoms with van der Waals surface area (Å²) in [7, 11) is 1.25. The maximum absolute atomic E-state index is 12.0. The van der Waals surface area contributed by atoms with E-state index in [2.05, 4.69) is 10.1 Å². The summed E-state index contributed by atoms with van der Waals surface area (Å²) >= 11 is 0. The second-order valence-corrected chi connectivity index (χ2v) is 5.12. The van der Waals surface area contributed by atoms with E-state index in [1.165, 1.54) is 13.2 Å². The van der Waals surface area contributed by atoms with E-state index >= 15 is 0 Å². The number of carbonyl (C=O) groups excluding carboxylic acids is 3. The topological polar surface area (TPSA) is 90.9 Å². The van der Waals surface area contributed by atoms with E-state index in [0.717, 1.165) is 0 Å². The summed E-state index contributed by atoms with van der Waals surface area (Å²) in [5.41, 5.74) is 0.791. The average molecular weight is 357 g/mol. The lowest BCUT2D eigenvalue weighted by atomic mass is 10.2. The number of benzene rings is 2. The summed E-state index contributed by atoms with van der Waals surface area (Å²) in [5, 5.41) is 2.52. The van der Waals surface area contributed by atoms with Crippen LogP contribution in [0.3, 0.4) is 0 Å². The molecule has 0 atom stereocenters. The molecule has 0 aliphatic carbocycles. The highest BCUT2D eigenvalue weighted by atomic mass is 16.5. The molecule has 26 heavy (non-hydrogen) atoms. The Morgan fingerprint density at radius 2 is 1.65 bits per heavy atom. The third-order valence-electron chi connectivity index (χ3n) is 3.34. The third kappa shape index (κ3) is 5.07. The molecule has 0 radical (unpaired) electrons. The van der Waals surface area contributed by atoms with Crippen LogP contribution in [-0.2, 0) is 14.3 Å². The first kappa shape index (κ1) is 19.0. The highest BCUT2D eigenvalue weighted by molar-refractivity contribution is 6.02. The summed E-state index contributed by atoms with van der Waals surface area (Å²) < 4.78 is 14.9. The van der Waals surface area contributed by atoms with Crippen LogP contribution >= 0.6 is 0 Å². The van der Waals surface area contributed by atoms with Crippen molar-refractivity contribution in [2.75, 3.05) is 25.6 Å². The van der Waals surface area contributed by atoms with E-state index in [-0.39, 0.29) is 11.3 Å². The molecule has 2 aromatic rings. The average Bonchev–Trinajstić information content (AvgIpc) is 2.67. The molecule has 7 heteroatoms. The Labute approximate surface area is 150 Å². The molecule has 7 nitrogen and oxygen atoms in total. The van der Waals surface area contributed by atoms with Gasteiger partial charge in [0.25, 0.3) is 5.91 Å². The number of carbonyl (C=O) groups is 3. The maximum atomic E-state index is 12.0. The van der Waals surface area contributed by atoms with Crippen LogP contribution in [0.1, 0.15) is 27.6 Å². The SMILES string of the molecule is CCOc1ccc(C(=O)OCC(=O)Nc2ccccc2C(=O)OC)cc1. The van der Waals surface area contributed by atoms with Crippen molar-refractivity contribution < 1.29 is 28.6 Å². The molecule has 0 aliphatic heterocycles. The number of hydrogen-bond acceptors (Lipinski definition) is 6. The van der Waals surface area contributed by atoms with Gasteiger partial charge < -0.3 is 19.5 Å². The second kappa shape index (κ2) is 9.22. The normalized spacial score (nSPS) is 9.92. The van der Waals surface area contributed by atoms with Crippen molar-refractivity contribution in [3.8, 4) is 5.75 Å². The van der Waals surface area contributed by atoms with E-state index in [1.807, 2.05) is 6.92 Å². The van der Waals surface area contributed by atoms with Crippen LogP contribution < -0.4 is 10.1 Å². The lowest BCUT2D eigenvalue weighted by Crippen LogP contribution is -2.22. The quantitative estimate of drug-likeness (QED) is 0.766. The molecule has 0 unspecified atom stereocenters. The van der Waals surface area contributed by atoms with Gasteiger partial charge in [0.2, 0.25) is 0 Å². The fraction of sp³-hybridized carbons (Fsp3) is 0.211. The van der Waals surface area contributed by atoms with Gasteiger partial charge in [-0.3, -0.25) is 4.79 Å². The van der Waals surface area contributed by atoms with Crippen LogP contribution in [0.2, 0.25) is 0 Å². The van der Waals surface area contributed by atoms with Gasteiger partial charge in [0.15, 0.2) is 6.61 Å². The van der Waals surface area contributed by atoms with Gasteiger partial charge in [0, 0.05) is 0 Å². The summed E-state index contributed by atoms with van der Waals surface area (Å²) in [4.78, 5) is 35.6. The van der Waals surface area contributed by atoms with Crippen molar-refractivity contribution in [2.24, 2.45) is 0 Å². The minimum absolute atomic E-state index is 0.209. The van der Waals surface area contributed by atoms with Gasteiger partial charge in [0.05, 0.1) is 30.5 Å². The van der Waals surface area contributed by atoms with Gasteiger partial charge in [0.1, 0.15) is 5.75 Å². The van der Waals surface area contributed by atoms with E-state index in [9.17, 15) is 14.4 Å². The summed E-state index contributed by atoms with van der Waals surface area (Å²) in [6, 6.07) is 12.8. The van der Waals surface area contributed by atoms with E-state index in [1.54, 1.807) is 42.5 Å². The number of anilines is 1. The lowest BCUT2D eigenvalue weighted by molar-refractivity contribution is -0.119. The number of methoxy groups -OCH3 is 1. The molecule has 0 saturated carbocycles. The molecule has 0 aromatic heterocycles. The molecule has 2 rings (SSSR count). The number of amides is 1. The van der Waals surface area contributed by atoms with Crippen molar-refractivity contribution in [1.29, 1.82) is 0 Å². The van der Waals surface area contributed by atoms with Crippen LogP contribution in [0.4, 0.5) is 5.69 Å². The van der Waals surface area contributed by atoms with Crippen molar-refractivity contribution >= 4 is 23.5 Å². The zero-order chi connectivity index (χ0) is 18.9. The molecule has 1 N–H and O–H groups in total. The van der Waals surface area contributed by atoms with Crippen LogP contribution in [0, 0.1) is 0 Å². The van der Waals surface area contributed by atoms with Gasteiger partial charge in [-0.2, -0.15) is 0 Å². The molecular weight excluding hydrogens is 338 g/mol. The highest BCUT2D eigenvalue weighted by Crippen LogP contribution is 2.16. The predicted octanol–water partition coefficient (Wildman–Crippen LogP) is 2.67. The largest absolute Gasteiger partial charge is 0.494 e. The van der Waals surface area contributed by atoms with Crippen LogP contribution in [0.25, 0.3) is 0 Å². The number of rotatable bonds is 7. The number of hydrogen-bond donors (Lipinski definition) is 1. The fourth-order valence-electron chi connectivity index (χ4n) is 2.13. The Hall–Kier alpha value is -3.35. The molecule has 0 saturated heterocycles. The van der Waals surface area contributed by atoms with Crippen molar-refractivity contribution in [1.82, 2.24) is 0 Å². The Balaban J connectivity index is 1.92. The smallest absolute Gasteiger partial charge is 0.339 e. The summed E-state index contributed by atoms with van der Waals surface area (Å²) in [6.07, 6.45) is 0. The zero-order valence-corrected chi connectivity index (χ0v) is 14.5. The Kier molecular flexibility index (Phi) is 6.73. The van der Waals surface area contributed by atoms with Gasteiger partial charge in [-0.25, -0.2) is 9.59 Å². The molecule has 0 spiro atoms. The fourth-order valence-corrected chi connectivity index (χ4v) is 2.13. The predicted molar refractivity (Wildman–Crippen MR) is 94.3 cm³/mol. The summed E-state index contributed by atoms with van der Waals surface area (Å²) in [5.74, 6) is -1.14. The van der Waals surface area contributed by atoms with Gasteiger partial charge in [-0.15, -0.1) is 0 Å². The monoisotopic (exact) mass is 357 g/mol. The molecule has 0 aliphatic rings. The van der Waals surface area contributed by atoms with Crippen LogP contribution in [0.15, 0.2) is 48.5 Å². The molecule has 1 amide bonds. The minimum Gasteiger partial charge on any atom is -0.494 e. The number of ether oxygens (including phenoxy) is 3. The first-order valence-electron chi connectivity index (χ1n) is 7.92. The molecule has 2 aromatic carbocycles. The van der Waals surface area contributed by atoms with Gasteiger partial charge in [-0.05, 0) is 43.3 Å². The van der Waals surface area contributed by atoms with Crippen molar-refractivity contribution in [3.05, 3.63) is 59.7 Å². The third-order valence-corrected chi connectivity index (χ3v) is 3.34. The minimum atomic E-state index is -0.635. The van der Waals surface area contributed by atoms with E-state index < -0.39 is 24.5 Å². The van der Waals surface area contributed by atoms with Crippen molar-refractivity contribution in [3.63, 3.8) is 0 Å². The van der Waals surface area contributed by atoms with Gasteiger partial charge in [-0.1, -0.05) is 12.1 Å². The number of esters is 2. The lowest BCUT2D eigenvalue weighted by Gasteiger charge is -2.10. The van der Waals surface area contributed by atoms with Gasteiger partial charge >= 0.3 is 11.9 Å². The first-order chi connectivity index (χ1) is 12.5. The highest BCUT2D eigenvalue weighted by Gasteiger charge is 2.15. The molecule has 0 heterocycles. The molecule has 136 valence electrons. The van der Waals surface area contributed by atoms with E-state index in [0.29, 0.717) is 17.9 Å². The first-order valence-corrected chi connectivity index (χ1v) is 7.92. The van der Waals surface area contributed by atoms with Crippen molar-refractivity contribution in [2.45, 2.75) is 6.92 Å². The Morgan fingerprint density at radius 1 is 0.962 bits per heavy atom. The molecular formula is C19H19NO6. The zero-order valence-electron chi connectivity index (χ0n) is 14.5. The standard InChI is InChI=1S/C19H19NO6/c1-3-25-14-10-8-13(9-11-14)18(22)26-12-17(21)20-16-7-5-4-6-15(16)19(23)24-2/h4-11H,3,12H2,1-2H3,(H,20,21). The Bertz CT molecular complexity index is 785. The Morgan fingerprint density at radius 3 is 2.31 bits per heavy atom. The number of nitrogens with one attached hydrogen (secondary N) is 1. The summed E-state index contributed by atoms with van der Waals surface area (Å²) in [6.45, 7) is 1.90. The molecule has 0 fully saturated rings. The van der Waals surface area contributed by atoms with Crippen LogP contribution in [0.5, 0.6) is 5.75 Å². The maximum Gasteiger partial charge on any atom is 0.339 e. The van der Waals surface area contributed by atoms with E-state index in [4.69, 9.17) is 9.47 Å². The number of para-hydroxylation sites is 1.